The van der Waals surface area contributed by atoms with Gasteiger partial charge in [0.1, 0.15) is 17.8 Å². The van der Waals surface area contributed by atoms with Crippen LogP contribution in [0.4, 0.5) is 15.9 Å². The molecule has 2 N–H and O–H groups in total. The highest BCUT2D eigenvalue weighted by Gasteiger charge is 2.13. The summed E-state index contributed by atoms with van der Waals surface area (Å²) in [6, 6.07) is 6.33. The normalized spacial score (nSPS) is 10.4. The molecule has 0 spiro atoms. The maximum Gasteiger partial charge on any atom is 0.242 e. The average Bonchev–Trinajstić information content (AvgIpc) is 2.48. The van der Waals surface area contributed by atoms with E-state index in [0.717, 1.165) is 12.0 Å². The molecule has 0 saturated heterocycles. The van der Waals surface area contributed by atoms with Crippen LogP contribution in [0.3, 0.4) is 0 Å². The Hall–Kier alpha value is -2.37. The number of hydrogen-bond donors (Lipinski definition) is 1. The Morgan fingerprint density at radius 2 is 1.95 bits per heavy atom. The van der Waals surface area contributed by atoms with Gasteiger partial charge in [-0.25, -0.2) is 9.37 Å². The topological polar surface area (TPSA) is 64.3 Å². The van der Waals surface area contributed by atoms with E-state index < -0.39 is 0 Å². The summed E-state index contributed by atoms with van der Waals surface area (Å²) in [7, 11) is 1.87. The fourth-order valence-electron chi connectivity index (χ4n) is 1.93. The summed E-state index contributed by atoms with van der Waals surface area (Å²) in [6.45, 7) is 3.13. The molecule has 0 bridgehead atoms. The van der Waals surface area contributed by atoms with Crippen LogP contribution in [0, 0.1) is 5.82 Å². The van der Waals surface area contributed by atoms with Gasteiger partial charge < -0.3 is 15.4 Å². The Kier molecular flexibility index (Phi) is 4.92. The van der Waals surface area contributed by atoms with Crippen molar-refractivity contribution >= 4 is 11.5 Å². The minimum absolute atomic E-state index is 0.252. The maximum atomic E-state index is 12.9. The maximum absolute atomic E-state index is 12.9. The van der Waals surface area contributed by atoms with Crippen molar-refractivity contribution in [2.75, 3.05) is 24.3 Å². The van der Waals surface area contributed by atoms with Gasteiger partial charge in [-0.3, -0.25) is 0 Å². The quantitative estimate of drug-likeness (QED) is 0.886. The van der Waals surface area contributed by atoms with Crippen LogP contribution < -0.4 is 15.4 Å². The molecular weight excluding hydrogens is 271 g/mol. The minimum atomic E-state index is -0.252. The molecular formula is C15H19FN4O. The van der Waals surface area contributed by atoms with Crippen LogP contribution in [-0.4, -0.2) is 23.6 Å². The molecule has 21 heavy (non-hydrogen) atoms. The Morgan fingerprint density at radius 3 is 2.62 bits per heavy atom. The van der Waals surface area contributed by atoms with Crippen LogP contribution in [0.15, 0.2) is 30.6 Å². The first-order valence-corrected chi connectivity index (χ1v) is 6.80. The minimum Gasteiger partial charge on any atom is -0.476 e. The molecule has 112 valence electrons. The van der Waals surface area contributed by atoms with E-state index in [0.29, 0.717) is 30.5 Å². The summed E-state index contributed by atoms with van der Waals surface area (Å²) < 4.78 is 18.4. The summed E-state index contributed by atoms with van der Waals surface area (Å²) in [5.74, 6) is 0.742. The molecule has 0 saturated carbocycles. The standard InChI is InChI=1S/C15H19FN4O/c1-3-8-21-15-13(17)14(18-10-19-15)20(2)9-11-4-6-12(16)7-5-11/h4-7,10H,3,8-9,17H2,1-2H3. The Morgan fingerprint density at radius 1 is 1.24 bits per heavy atom. The van der Waals surface area contributed by atoms with Crippen molar-refractivity contribution < 1.29 is 9.13 Å². The van der Waals surface area contributed by atoms with Crippen LogP contribution in [0.1, 0.15) is 18.9 Å². The van der Waals surface area contributed by atoms with E-state index >= 15 is 0 Å². The monoisotopic (exact) mass is 290 g/mol. The Balaban J connectivity index is 2.14. The fourth-order valence-corrected chi connectivity index (χ4v) is 1.93. The molecule has 1 aromatic carbocycles. The van der Waals surface area contributed by atoms with Crippen molar-refractivity contribution in [2.45, 2.75) is 19.9 Å². The highest BCUT2D eigenvalue weighted by molar-refractivity contribution is 5.67. The molecule has 0 fully saturated rings. The summed E-state index contributed by atoms with van der Waals surface area (Å²) in [5.41, 5.74) is 7.43. The number of nitrogen functional groups attached to an aromatic ring is 1. The predicted octanol–water partition coefficient (Wildman–Crippen LogP) is 2.62. The molecule has 6 heteroatoms. The van der Waals surface area contributed by atoms with Gasteiger partial charge in [-0.05, 0) is 24.1 Å². The van der Waals surface area contributed by atoms with Gasteiger partial charge in [0, 0.05) is 13.6 Å². The Bertz CT molecular complexity index is 589. The van der Waals surface area contributed by atoms with E-state index in [2.05, 4.69) is 9.97 Å². The van der Waals surface area contributed by atoms with Crippen LogP contribution in [0.2, 0.25) is 0 Å². The smallest absolute Gasteiger partial charge is 0.242 e. The van der Waals surface area contributed by atoms with Gasteiger partial charge in [-0.15, -0.1) is 0 Å². The molecule has 1 aromatic heterocycles. The molecule has 0 atom stereocenters. The molecule has 0 amide bonds. The number of nitrogens with two attached hydrogens (primary N) is 1. The fraction of sp³-hybridized carbons (Fsp3) is 0.333. The predicted molar refractivity (Wildman–Crippen MR) is 80.7 cm³/mol. The number of hydrogen-bond acceptors (Lipinski definition) is 5. The third kappa shape index (κ3) is 3.81. The molecule has 1 heterocycles. The number of nitrogens with zero attached hydrogens (tertiary/aromatic N) is 3. The number of aromatic nitrogens is 2. The van der Waals surface area contributed by atoms with Gasteiger partial charge in [-0.2, -0.15) is 4.98 Å². The second-order valence-electron chi connectivity index (χ2n) is 4.75. The van der Waals surface area contributed by atoms with E-state index in [1.165, 1.54) is 18.5 Å². The number of benzene rings is 1. The van der Waals surface area contributed by atoms with Crippen LogP contribution in [0.25, 0.3) is 0 Å². The van der Waals surface area contributed by atoms with Crippen molar-refractivity contribution in [3.63, 3.8) is 0 Å². The summed E-state index contributed by atoms with van der Waals surface area (Å²) in [4.78, 5) is 10.1. The molecule has 2 rings (SSSR count). The van der Waals surface area contributed by atoms with Gasteiger partial charge in [0.05, 0.1) is 6.61 Å². The zero-order chi connectivity index (χ0) is 15.2. The molecule has 0 unspecified atom stereocenters. The molecule has 0 aliphatic heterocycles. The zero-order valence-corrected chi connectivity index (χ0v) is 12.2. The first kappa shape index (κ1) is 15.0. The summed E-state index contributed by atoms with van der Waals surface area (Å²) in [5, 5.41) is 0. The number of halogens is 1. The van der Waals surface area contributed by atoms with Crippen LogP contribution >= 0.6 is 0 Å². The van der Waals surface area contributed by atoms with Gasteiger partial charge in [0.2, 0.25) is 5.88 Å². The Labute approximate surface area is 123 Å². The zero-order valence-electron chi connectivity index (χ0n) is 12.2. The lowest BCUT2D eigenvalue weighted by molar-refractivity contribution is 0.306. The third-order valence-electron chi connectivity index (χ3n) is 2.96. The largest absolute Gasteiger partial charge is 0.476 e. The lowest BCUT2D eigenvalue weighted by Crippen LogP contribution is -2.20. The lowest BCUT2D eigenvalue weighted by atomic mass is 10.2. The molecule has 5 nitrogen and oxygen atoms in total. The first-order valence-electron chi connectivity index (χ1n) is 6.80. The van der Waals surface area contributed by atoms with Gasteiger partial charge in [0.25, 0.3) is 0 Å². The van der Waals surface area contributed by atoms with Crippen LogP contribution in [-0.2, 0) is 6.54 Å². The van der Waals surface area contributed by atoms with Crippen molar-refractivity contribution in [1.82, 2.24) is 9.97 Å². The van der Waals surface area contributed by atoms with Crippen molar-refractivity contribution in [3.8, 4) is 5.88 Å². The van der Waals surface area contributed by atoms with Crippen molar-refractivity contribution in [3.05, 3.63) is 42.0 Å². The van der Waals surface area contributed by atoms with E-state index in [4.69, 9.17) is 10.5 Å². The molecule has 0 aliphatic rings. The van der Waals surface area contributed by atoms with Crippen molar-refractivity contribution in [1.29, 1.82) is 0 Å². The second-order valence-corrected chi connectivity index (χ2v) is 4.75. The van der Waals surface area contributed by atoms with Gasteiger partial charge in [-0.1, -0.05) is 19.1 Å². The number of ether oxygens (including phenoxy) is 1. The molecule has 0 radical (unpaired) electrons. The summed E-state index contributed by atoms with van der Waals surface area (Å²) >= 11 is 0. The van der Waals surface area contributed by atoms with Crippen molar-refractivity contribution in [2.24, 2.45) is 0 Å². The third-order valence-corrected chi connectivity index (χ3v) is 2.96. The van der Waals surface area contributed by atoms with Gasteiger partial charge in [0.15, 0.2) is 5.82 Å². The van der Waals surface area contributed by atoms with Crippen LogP contribution in [0.5, 0.6) is 5.88 Å². The van der Waals surface area contributed by atoms with E-state index in [-0.39, 0.29) is 5.82 Å². The molecule has 2 aromatic rings. The van der Waals surface area contributed by atoms with E-state index in [9.17, 15) is 4.39 Å². The second kappa shape index (κ2) is 6.88. The SMILES string of the molecule is CCCOc1ncnc(N(C)Cc2ccc(F)cc2)c1N. The lowest BCUT2D eigenvalue weighted by Gasteiger charge is -2.20. The highest BCUT2D eigenvalue weighted by atomic mass is 19.1. The first-order chi connectivity index (χ1) is 10.1. The number of rotatable bonds is 6. The average molecular weight is 290 g/mol. The molecule has 0 aliphatic carbocycles. The summed E-state index contributed by atoms with van der Waals surface area (Å²) in [6.07, 6.45) is 2.31. The van der Waals surface area contributed by atoms with E-state index in [1.807, 2.05) is 18.9 Å². The van der Waals surface area contributed by atoms with E-state index in [1.54, 1.807) is 12.1 Å². The highest BCUT2D eigenvalue weighted by Crippen LogP contribution is 2.28. The van der Waals surface area contributed by atoms with Gasteiger partial charge >= 0.3 is 0 Å². The number of anilines is 2.